The number of benzene rings is 3. The smallest absolute Gasteiger partial charge is 0.267 e. The van der Waals surface area contributed by atoms with Crippen LogP contribution in [-0.2, 0) is 14.8 Å². The van der Waals surface area contributed by atoms with E-state index in [0.29, 0.717) is 17.1 Å². The van der Waals surface area contributed by atoms with Crippen LogP contribution in [0.2, 0.25) is 0 Å². The van der Waals surface area contributed by atoms with Crippen LogP contribution >= 0.6 is 0 Å². The molecule has 0 unspecified atom stereocenters. The molecule has 1 amide bonds. The van der Waals surface area contributed by atoms with Gasteiger partial charge in [-0.3, -0.25) is 9.10 Å². The Labute approximate surface area is 195 Å². The molecule has 0 aromatic heterocycles. The fraction of sp³-hybridized carbons (Fsp3) is 0.269. The summed E-state index contributed by atoms with van der Waals surface area (Å²) in [4.78, 5) is 13.4. The van der Waals surface area contributed by atoms with E-state index in [2.05, 4.69) is 19.2 Å². The van der Waals surface area contributed by atoms with Crippen LogP contribution in [0.4, 0.5) is 11.4 Å². The van der Waals surface area contributed by atoms with E-state index in [4.69, 9.17) is 4.74 Å². The number of rotatable bonds is 5. The molecule has 1 aliphatic rings. The number of para-hydroxylation sites is 1. The second-order valence-corrected chi connectivity index (χ2v) is 10.5. The average Bonchev–Trinajstić information content (AvgIpc) is 2.78. The van der Waals surface area contributed by atoms with Gasteiger partial charge in [-0.25, -0.2) is 8.42 Å². The standard InChI is InChI=1S/C26H28N2O4S/c1-17(2)21-7-5-6-8-22(21)27-26(29)25-16-28(23-14-11-19(4)15-24(23)32-25)33(30,31)20-12-9-18(3)10-13-20/h5-15,17,25H,16H2,1-4H3,(H,27,29)/t25-/m1/s1. The lowest BCUT2D eigenvalue weighted by Crippen LogP contribution is -2.49. The van der Waals surface area contributed by atoms with Gasteiger partial charge in [0.05, 0.1) is 17.1 Å². The van der Waals surface area contributed by atoms with Crippen molar-refractivity contribution in [3.8, 4) is 5.75 Å². The van der Waals surface area contributed by atoms with Gasteiger partial charge < -0.3 is 10.1 Å². The quantitative estimate of drug-likeness (QED) is 0.575. The first-order chi connectivity index (χ1) is 15.7. The van der Waals surface area contributed by atoms with Gasteiger partial charge >= 0.3 is 0 Å². The summed E-state index contributed by atoms with van der Waals surface area (Å²) in [6, 6.07) is 19.6. The summed E-state index contributed by atoms with van der Waals surface area (Å²) in [7, 11) is -3.89. The Morgan fingerprint density at radius 1 is 1.00 bits per heavy atom. The Hall–Kier alpha value is -3.32. The number of hydrogen-bond acceptors (Lipinski definition) is 4. The molecule has 7 heteroatoms. The van der Waals surface area contributed by atoms with Crippen LogP contribution in [0.3, 0.4) is 0 Å². The summed E-state index contributed by atoms with van der Waals surface area (Å²) < 4.78 is 34.4. The lowest BCUT2D eigenvalue weighted by molar-refractivity contribution is -0.122. The monoisotopic (exact) mass is 464 g/mol. The van der Waals surface area contributed by atoms with Crippen molar-refractivity contribution in [3.05, 3.63) is 83.4 Å². The Balaban J connectivity index is 1.70. The molecule has 1 aliphatic heterocycles. The fourth-order valence-corrected chi connectivity index (χ4v) is 5.37. The number of fused-ring (bicyclic) bond motifs is 1. The van der Waals surface area contributed by atoms with Crippen molar-refractivity contribution in [2.75, 3.05) is 16.2 Å². The molecular weight excluding hydrogens is 436 g/mol. The molecule has 1 N–H and O–H groups in total. The van der Waals surface area contributed by atoms with Crippen LogP contribution in [0.1, 0.15) is 36.5 Å². The second kappa shape index (κ2) is 8.90. The van der Waals surface area contributed by atoms with Crippen LogP contribution in [-0.4, -0.2) is 27.0 Å². The van der Waals surface area contributed by atoms with E-state index in [1.54, 1.807) is 36.4 Å². The lowest BCUT2D eigenvalue weighted by atomic mass is 10.0. The van der Waals surface area contributed by atoms with E-state index in [1.165, 1.54) is 4.31 Å². The molecule has 33 heavy (non-hydrogen) atoms. The topological polar surface area (TPSA) is 75.7 Å². The van der Waals surface area contributed by atoms with Gasteiger partial charge in [0.1, 0.15) is 5.75 Å². The zero-order valence-electron chi connectivity index (χ0n) is 19.2. The minimum absolute atomic E-state index is 0.123. The van der Waals surface area contributed by atoms with E-state index >= 15 is 0 Å². The lowest BCUT2D eigenvalue weighted by Gasteiger charge is -2.35. The van der Waals surface area contributed by atoms with Crippen LogP contribution in [0.25, 0.3) is 0 Å². The third-order valence-corrected chi connectivity index (χ3v) is 7.52. The van der Waals surface area contributed by atoms with Crippen molar-refractivity contribution >= 4 is 27.3 Å². The van der Waals surface area contributed by atoms with Crippen molar-refractivity contribution in [3.63, 3.8) is 0 Å². The van der Waals surface area contributed by atoms with Gasteiger partial charge in [0.25, 0.3) is 15.9 Å². The largest absolute Gasteiger partial charge is 0.476 e. The van der Waals surface area contributed by atoms with Gasteiger partial charge in [0.2, 0.25) is 0 Å². The van der Waals surface area contributed by atoms with Crippen molar-refractivity contribution < 1.29 is 17.9 Å². The number of anilines is 2. The number of nitrogens with zero attached hydrogens (tertiary/aromatic N) is 1. The molecule has 172 valence electrons. The maximum absolute atomic E-state index is 13.6. The number of hydrogen-bond donors (Lipinski definition) is 1. The molecule has 0 saturated heterocycles. The summed E-state index contributed by atoms with van der Waals surface area (Å²) in [5.41, 5.74) is 4.00. The van der Waals surface area contributed by atoms with Crippen LogP contribution < -0.4 is 14.4 Å². The molecule has 0 fully saturated rings. The highest BCUT2D eigenvalue weighted by Crippen LogP contribution is 2.38. The van der Waals surface area contributed by atoms with Crippen molar-refractivity contribution in [2.45, 2.75) is 44.6 Å². The molecule has 1 atom stereocenters. The van der Waals surface area contributed by atoms with E-state index in [-0.39, 0.29) is 23.3 Å². The Bertz CT molecular complexity index is 1280. The highest BCUT2D eigenvalue weighted by atomic mass is 32.2. The number of carbonyl (C=O) groups excluding carboxylic acids is 1. The highest BCUT2D eigenvalue weighted by Gasteiger charge is 2.37. The first-order valence-electron chi connectivity index (χ1n) is 10.9. The van der Waals surface area contributed by atoms with Crippen molar-refractivity contribution in [2.24, 2.45) is 0 Å². The fourth-order valence-electron chi connectivity index (χ4n) is 3.89. The average molecular weight is 465 g/mol. The number of nitrogens with one attached hydrogen (secondary N) is 1. The number of ether oxygens (including phenoxy) is 1. The molecule has 3 aromatic carbocycles. The van der Waals surface area contributed by atoms with Gasteiger partial charge in [-0.05, 0) is 61.2 Å². The number of aryl methyl sites for hydroxylation is 2. The molecule has 0 saturated carbocycles. The molecule has 0 spiro atoms. The predicted molar refractivity (Wildman–Crippen MR) is 130 cm³/mol. The van der Waals surface area contributed by atoms with Gasteiger partial charge in [0, 0.05) is 5.69 Å². The van der Waals surface area contributed by atoms with Gasteiger partial charge in [-0.15, -0.1) is 0 Å². The van der Waals surface area contributed by atoms with Gasteiger partial charge in [-0.2, -0.15) is 0 Å². The van der Waals surface area contributed by atoms with Crippen molar-refractivity contribution in [1.82, 2.24) is 0 Å². The predicted octanol–water partition coefficient (Wildman–Crippen LogP) is 5.02. The molecule has 0 radical (unpaired) electrons. The number of sulfonamides is 1. The minimum Gasteiger partial charge on any atom is -0.476 e. The summed E-state index contributed by atoms with van der Waals surface area (Å²) in [6.45, 7) is 7.78. The van der Waals surface area contributed by atoms with Gasteiger partial charge in [-0.1, -0.05) is 55.8 Å². The minimum atomic E-state index is -3.89. The zero-order chi connectivity index (χ0) is 23.8. The second-order valence-electron chi connectivity index (χ2n) is 8.66. The van der Waals surface area contributed by atoms with E-state index < -0.39 is 16.1 Å². The number of amides is 1. The van der Waals surface area contributed by atoms with Crippen molar-refractivity contribution in [1.29, 1.82) is 0 Å². The normalized spacial score (nSPS) is 15.7. The highest BCUT2D eigenvalue weighted by molar-refractivity contribution is 7.92. The third kappa shape index (κ3) is 4.59. The first-order valence-corrected chi connectivity index (χ1v) is 12.4. The Morgan fingerprint density at radius 2 is 1.67 bits per heavy atom. The SMILES string of the molecule is Cc1ccc(S(=O)(=O)N2C[C@H](C(=O)Nc3ccccc3C(C)C)Oc3cc(C)ccc32)cc1. The van der Waals surface area contributed by atoms with E-state index in [1.807, 2.05) is 44.2 Å². The molecule has 4 rings (SSSR count). The summed E-state index contributed by atoms with van der Waals surface area (Å²) in [5, 5.41) is 2.94. The third-order valence-electron chi connectivity index (χ3n) is 5.73. The molecule has 1 heterocycles. The van der Waals surface area contributed by atoms with Crippen LogP contribution in [0, 0.1) is 13.8 Å². The first kappa shape index (κ1) is 22.9. The van der Waals surface area contributed by atoms with E-state index in [9.17, 15) is 13.2 Å². The van der Waals surface area contributed by atoms with E-state index in [0.717, 1.165) is 16.7 Å². The van der Waals surface area contributed by atoms with Crippen LogP contribution in [0.15, 0.2) is 71.6 Å². The molecule has 0 bridgehead atoms. The Morgan fingerprint density at radius 3 is 2.36 bits per heavy atom. The maximum Gasteiger partial charge on any atom is 0.267 e. The maximum atomic E-state index is 13.6. The summed E-state index contributed by atoms with van der Waals surface area (Å²) >= 11 is 0. The molecule has 6 nitrogen and oxygen atoms in total. The summed E-state index contributed by atoms with van der Waals surface area (Å²) in [5.74, 6) is 0.198. The zero-order valence-corrected chi connectivity index (χ0v) is 20.0. The summed E-state index contributed by atoms with van der Waals surface area (Å²) in [6.07, 6.45) is -1.00. The van der Waals surface area contributed by atoms with Gasteiger partial charge in [0.15, 0.2) is 6.10 Å². The van der Waals surface area contributed by atoms with Crippen LogP contribution in [0.5, 0.6) is 5.75 Å². The molecular formula is C26H28N2O4S. The molecule has 0 aliphatic carbocycles. The molecule has 3 aromatic rings. The number of carbonyl (C=O) groups is 1. The Kier molecular flexibility index (Phi) is 6.17.